The van der Waals surface area contributed by atoms with Gasteiger partial charge in [0, 0.05) is 26.4 Å². The van der Waals surface area contributed by atoms with E-state index in [4.69, 9.17) is 4.74 Å². The predicted molar refractivity (Wildman–Crippen MR) is 108 cm³/mol. The highest BCUT2D eigenvalue weighted by Crippen LogP contribution is 2.33. The second kappa shape index (κ2) is 8.06. The average molecular weight is 407 g/mol. The maximum absolute atomic E-state index is 12.9. The van der Waals surface area contributed by atoms with E-state index < -0.39 is 16.5 Å². The van der Waals surface area contributed by atoms with Gasteiger partial charge in [-0.25, -0.2) is 14.8 Å². The van der Waals surface area contributed by atoms with E-state index in [2.05, 4.69) is 23.8 Å². The molecule has 1 saturated heterocycles. The number of carbonyl (C=O) groups is 1. The average Bonchev–Trinajstić information content (AvgIpc) is 2.93. The molecule has 0 N–H and O–H groups in total. The number of hydrogen-bond donors (Lipinski definition) is 0. The van der Waals surface area contributed by atoms with Gasteiger partial charge in [0.15, 0.2) is 5.65 Å². The molecular weight excluding hydrogens is 380 g/mol. The third kappa shape index (κ3) is 3.85. The fraction of sp³-hybridized carbons (Fsp3) is 0.632. The zero-order chi connectivity index (χ0) is 20.6. The highest BCUT2D eigenvalue weighted by molar-refractivity contribution is 8.00. The Morgan fingerprint density at radius 3 is 2.54 bits per heavy atom. The van der Waals surface area contributed by atoms with Crippen LogP contribution in [0, 0.1) is 5.92 Å². The number of fused-ring (bicyclic) bond motifs is 1. The number of aromatic nitrogens is 4. The predicted octanol–water partition coefficient (Wildman–Crippen LogP) is 1.89. The second-order valence-electron chi connectivity index (χ2n) is 7.63. The monoisotopic (exact) mass is 406 g/mol. The molecule has 0 bridgehead atoms. The SMILES string of the molecule is CCCn1c(=O)n(C)c(=O)c2c(S[C@H]3C[C@H](C)OC3=O)nc(CC(C)C)nc21. The van der Waals surface area contributed by atoms with Crippen molar-refractivity contribution in [3.8, 4) is 0 Å². The van der Waals surface area contributed by atoms with Crippen molar-refractivity contribution in [3.63, 3.8) is 0 Å². The molecule has 0 amide bonds. The third-order valence-electron chi connectivity index (χ3n) is 4.61. The van der Waals surface area contributed by atoms with E-state index in [0.717, 1.165) is 11.0 Å². The van der Waals surface area contributed by atoms with Crippen LogP contribution in [0.25, 0.3) is 11.0 Å². The van der Waals surface area contributed by atoms with Crippen LogP contribution in [0.15, 0.2) is 14.6 Å². The highest BCUT2D eigenvalue weighted by Gasteiger charge is 2.34. The highest BCUT2D eigenvalue weighted by atomic mass is 32.2. The van der Waals surface area contributed by atoms with Crippen molar-refractivity contribution >= 4 is 28.8 Å². The van der Waals surface area contributed by atoms with Gasteiger partial charge >= 0.3 is 11.7 Å². The molecule has 2 aromatic heterocycles. The van der Waals surface area contributed by atoms with Gasteiger partial charge in [-0.05, 0) is 19.3 Å². The first-order valence-corrected chi connectivity index (χ1v) is 10.5. The topological polar surface area (TPSA) is 96.1 Å². The normalized spacial score (nSPS) is 19.6. The number of thioether (sulfide) groups is 1. The van der Waals surface area contributed by atoms with Crippen LogP contribution in [-0.4, -0.2) is 36.4 Å². The van der Waals surface area contributed by atoms with Crippen LogP contribution < -0.4 is 11.2 Å². The van der Waals surface area contributed by atoms with E-state index in [1.54, 1.807) is 0 Å². The molecule has 0 spiro atoms. The zero-order valence-electron chi connectivity index (χ0n) is 16.9. The number of ether oxygens (including phenoxy) is 1. The van der Waals surface area contributed by atoms with Gasteiger partial charge in [-0.15, -0.1) is 0 Å². The summed E-state index contributed by atoms with van der Waals surface area (Å²) in [4.78, 5) is 46.9. The number of rotatable bonds is 6. The number of nitrogens with zero attached hydrogens (tertiary/aromatic N) is 4. The van der Waals surface area contributed by atoms with Gasteiger partial charge in [-0.3, -0.25) is 18.7 Å². The number of hydrogen-bond acceptors (Lipinski definition) is 7. The van der Waals surface area contributed by atoms with Crippen LogP contribution in [0.4, 0.5) is 0 Å². The van der Waals surface area contributed by atoms with Crippen molar-refractivity contribution in [2.24, 2.45) is 13.0 Å². The molecule has 1 aliphatic heterocycles. The quantitative estimate of drug-likeness (QED) is 0.534. The van der Waals surface area contributed by atoms with Crippen molar-refractivity contribution in [3.05, 3.63) is 26.7 Å². The summed E-state index contributed by atoms with van der Waals surface area (Å²) in [5.74, 6) is 0.583. The smallest absolute Gasteiger partial charge is 0.332 e. The van der Waals surface area contributed by atoms with Crippen molar-refractivity contribution in [2.45, 2.75) is 69.9 Å². The first-order chi connectivity index (χ1) is 13.2. The van der Waals surface area contributed by atoms with Crippen LogP contribution in [0.1, 0.15) is 46.4 Å². The van der Waals surface area contributed by atoms with Gasteiger partial charge in [0.25, 0.3) is 5.56 Å². The van der Waals surface area contributed by atoms with Crippen LogP contribution in [0.5, 0.6) is 0 Å². The Bertz CT molecular complexity index is 1030. The molecule has 0 radical (unpaired) electrons. The molecule has 8 nitrogen and oxygen atoms in total. The minimum atomic E-state index is -0.439. The van der Waals surface area contributed by atoms with Crippen LogP contribution in [0.3, 0.4) is 0 Å². The van der Waals surface area contributed by atoms with E-state index in [0.29, 0.717) is 47.2 Å². The first-order valence-electron chi connectivity index (χ1n) is 9.60. The lowest BCUT2D eigenvalue weighted by Crippen LogP contribution is -2.39. The molecule has 9 heteroatoms. The van der Waals surface area contributed by atoms with Crippen molar-refractivity contribution in [2.75, 3.05) is 0 Å². The zero-order valence-corrected chi connectivity index (χ0v) is 17.7. The minimum Gasteiger partial charge on any atom is -0.462 e. The molecule has 0 aliphatic carbocycles. The summed E-state index contributed by atoms with van der Waals surface area (Å²) >= 11 is 1.23. The molecule has 1 aliphatic rings. The number of esters is 1. The summed E-state index contributed by atoms with van der Waals surface area (Å²) in [6.07, 6.45) is 1.74. The van der Waals surface area contributed by atoms with Crippen LogP contribution >= 0.6 is 11.8 Å². The molecule has 0 saturated carbocycles. The summed E-state index contributed by atoms with van der Waals surface area (Å²) < 4.78 is 7.86. The Morgan fingerprint density at radius 2 is 1.96 bits per heavy atom. The maximum atomic E-state index is 12.9. The Kier molecular flexibility index (Phi) is 5.92. The van der Waals surface area contributed by atoms with Crippen molar-refractivity contribution in [1.29, 1.82) is 0 Å². The number of carbonyl (C=O) groups excluding carboxylic acids is 1. The third-order valence-corrected chi connectivity index (χ3v) is 5.80. The van der Waals surface area contributed by atoms with Gasteiger partial charge < -0.3 is 4.74 Å². The first kappa shape index (κ1) is 20.6. The lowest BCUT2D eigenvalue weighted by molar-refractivity contribution is -0.140. The van der Waals surface area contributed by atoms with E-state index in [1.807, 2.05) is 13.8 Å². The summed E-state index contributed by atoms with van der Waals surface area (Å²) in [6.45, 7) is 8.37. The molecular formula is C19H26N4O4S. The Balaban J connectivity index is 2.26. The van der Waals surface area contributed by atoms with Gasteiger partial charge in [0.2, 0.25) is 0 Å². The summed E-state index contributed by atoms with van der Waals surface area (Å²) in [5, 5.41) is 0.318. The Morgan fingerprint density at radius 1 is 1.25 bits per heavy atom. The number of aryl methyl sites for hydroxylation is 1. The fourth-order valence-electron chi connectivity index (χ4n) is 3.30. The minimum absolute atomic E-state index is 0.158. The van der Waals surface area contributed by atoms with E-state index in [-0.39, 0.29) is 12.1 Å². The molecule has 0 unspecified atom stereocenters. The number of cyclic esters (lactones) is 1. The van der Waals surface area contributed by atoms with E-state index in [1.165, 1.54) is 23.4 Å². The summed E-state index contributed by atoms with van der Waals surface area (Å²) in [7, 11) is 1.46. The largest absolute Gasteiger partial charge is 0.462 e. The lowest BCUT2D eigenvalue weighted by Gasteiger charge is -2.15. The summed E-state index contributed by atoms with van der Waals surface area (Å²) in [6, 6.07) is 0. The van der Waals surface area contributed by atoms with E-state index in [9.17, 15) is 14.4 Å². The lowest BCUT2D eigenvalue weighted by atomic mass is 10.1. The van der Waals surface area contributed by atoms with Gasteiger partial charge in [0.1, 0.15) is 27.6 Å². The van der Waals surface area contributed by atoms with Crippen molar-refractivity contribution in [1.82, 2.24) is 19.1 Å². The van der Waals surface area contributed by atoms with Crippen molar-refractivity contribution < 1.29 is 9.53 Å². The van der Waals surface area contributed by atoms with Gasteiger partial charge in [-0.2, -0.15) is 0 Å². The molecule has 2 atom stereocenters. The molecule has 0 aromatic carbocycles. The summed E-state index contributed by atoms with van der Waals surface area (Å²) in [5.41, 5.74) is -0.480. The molecule has 1 fully saturated rings. The van der Waals surface area contributed by atoms with Gasteiger partial charge in [-0.1, -0.05) is 32.5 Å². The molecule has 28 heavy (non-hydrogen) atoms. The van der Waals surface area contributed by atoms with Crippen LogP contribution in [-0.2, 0) is 29.5 Å². The second-order valence-corrected chi connectivity index (χ2v) is 8.82. The molecule has 3 heterocycles. The Hall–Kier alpha value is -2.16. The van der Waals surface area contributed by atoms with E-state index >= 15 is 0 Å². The van der Waals surface area contributed by atoms with Gasteiger partial charge in [0.05, 0.1) is 0 Å². The fourth-order valence-corrected chi connectivity index (χ4v) is 4.54. The standard InChI is InChI=1S/C19H26N4O4S/c1-6-7-23-15-14(17(24)22(5)19(23)26)16(21-13(20-15)8-10(2)3)28-12-9-11(4)27-18(12)25/h10-12H,6-9H2,1-5H3/t11-,12-/m0/s1. The Labute approximate surface area is 167 Å². The molecule has 152 valence electrons. The van der Waals surface area contributed by atoms with Crippen LogP contribution in [0.2, 0.25) is 0 Å². The molecule has 2 aromatic rings. The molecule has 3 rings (SSSR count). The maximum Gasteiger partial charge on any atom is 0.332 e.